The van der Waals surface area contributed by atoms with Gasteiger partial charge in [0.25, 0.3) is 0 Å². The summed E-state index contributed by atoms with van der Waals surface area (Å²) in [6.45, 7) is 0. The van der Waals surface area contributed by atoms with Gasteiger partial charge in [-0.25, -0.2) is 0 Å². The lowest BCUT2D eigenvalue weighted by atomic mass is 9.67. The summed E-state index contributed by atoms with van der Waals surface area (Å²) in [7, 11) is 0. The van der Waals surface area contributed by atoms with Gasteiger partial charge in [-0.3, -0.25) is 0 Å². The maximum atomic E-state index is 2.47. The van der Waals surface area contributed by atoms with Crippen LogP contribution in [-0.4, -0.2) is 0 Å². The summed E-state index contributed by atoms with van der Waals surface area (Å²) < 4.78 is 0. The lowest BCUT2D eigenvalue weighted by Gasteiger charge is -2.35. The molecule has 0 spiro atoms. The van der Waals surface area contributed by atoms with Crippen LogP contribution in [0.2, 0.25) is 0 Å². The molecule has 0 saturated carbocycles. The average molecular weight is 740 g/mol. The number of allylic oxidation sites excluding steroid dienone is 4. The molecule has 11 rings (SSSR count). The van der Waals surface area contributed by atoms with Gasteiger partial charge in [-0.05, 0) is 132 Å². The molecule has 58 heavy (non-hydrogen) atoms. The van der Waals surface area contributed by atoms with Crippen molar-refractivity contribution >= 4 is 44.2 Å². The van der Waals surface area contributed by atoms with Crippen LogP contribution in [0.4, 0.5) is 17.1 Å². The molecule has 1 heteroatoms. The number of hydrogen-bond acceptors (Lipinski definition) is 1. The van der Waals surface area contributed by atoms with E-state index in [1.54, 1.807) is 0 Å². The van der Waals surface area contributed by atoms with Crippen LogP contribution in [0.1, 0.15) is 40.7 Å². The van der Waals surface area contributed by atoms with E-state index in [0.29, 0.717) is 0 Å². The number of fused-ring (bicyclic) bond motifs is 6. The highest BCUT2D eigenvalue weighted by Crippen LogP contribution is 2.57. The Hall–Kier alpha value is -7.22. The molecule has 2 aliphatic rings. The second-order valence-electron chi connectivity index (χ2n) is 15.6. The molecule has 0 aromatic heterocycles. The lowest BCUT2D eigenvalue weighted by molar-refractivity contribution is 0.768. The normalized spacial score (nSPS) is 13.9. The minimum Gasteiger partial charge on any atom is -0.310 e. The summed E-state index contributed by atoms with van der Waals surface area (Å²) in [5, 5.41) is 5.07. The zero-order chi connectivity index (χ0) is 38.5. The fourth-order valence-corrected chi connectivity index (χ4v) is 9.71. The van der Waals surface area contributed by atoms with Crippen molar-refractivity contribution in [1.82, 2.24) is 0 Å². The summed E-state index contributed by atoms with van der Waals surface area (Å²) in [5.41, 5.74) is 15.6. The van der Waals surface area contributed by atoms with Gasteiger partial charge in [-0.15, -0.1) is 0 Å². The number of rotatable bonds is 7. The summed E-state index contributed by atoms with van der Waals surface area (Å²) in [5.74, 6) is 0. The van der Waals surface area contributed by atoms with Crippen molar-refractivity contribution in [3.05, 3.63) is 252 Å². The van der Waals surface area contributed by atoms with Crippen molar-refractivity contribution in [2.45, 2.75) is 18.3 Å². The highest BCUT2D eigenvalue weighted by atomic mass is 15.1. The smallest absolute Gasteiger partial charge is 0.0714 e. The van der Waals surface area contributed by atoms with Crippen LogP contribution in [0, 0.1) is 0 Å². The van der Waals surface area contributed by atoms with Crippen LogP contribution < -0.4 is 4.90 Å². The Balaban J connectivity index is 1.13. The van der Waals surface area contributed by atoms with Gasteiger partial charge >= 0.3 is 0 Å². The monoisotopic (exact) mass is 739 g/mol. The molecular weight excluding hydrogens is 699 g/mol. The van der Waals surface area contributed by atoms with E-state index < -0.39 is 5.41 Å². The van der Waals surface area contributed by atoms with E-state index in [1.165, 1.54) is 77.2 Å². The molecular formula is C57H41N. The molecule has 0 amide bonds. The number of nitrogens with zero attached hydrogens (tertiary/aromatic N) is 1. The predicted octanol–water partition coefficient (Wildman–Crippen LogP) is 15.2. The van der Waals surface area contributed by atoms with Crippen molar-refractivity contribution in [2.24, 2.45) is 0 Å². The Morgan fingerprint density at radius 3 is 1.76 bits per heavy atom. The van der Waals surface area contributed by atoms with Crippen LogP contribution in [0.5, 0.6) is 0 Å². The van der Waals surface area contributed by atoms with Crippen molar-refractivity contribution in [2.75, 3.05) is 4.90 Å². The predicted molar refractivity (Wildman–Crippen MR) is 245 cm³/mol. The van der Waals surface area contributed by atoms with E-state index in [1.807, 2.05) is 0 Å². The van der Waals surface area contributed by atoms with E-state index in [0.717, 1.165) is 29.9 Å². The summed E-state index contributed by atoms with van der Waals surface area (Å²) in [6.07, 6.45) is 8.84. The molecule has 0 saturated heterocycles. The zero-order valence-corrected chi connectivity index (χ0v) is 32.2. The minimum atomic E-state index is -0.493. The summed E-state index contributed by atoms with van der Waals surface area (Å²) in [4.78, 5) is 2.46. The molecule has 0 radical (unpaired) electrons. The SMILES string of the molecule is C1=CCCC(c2cccc(N(c3cccc(-c4ccc5ccc6ccccc6c5c4)c3)c3ccc4c(c3)C(c3ccccc3)(c3ccccc3)c3ccccc3-4)c2)=C1. The highest BCUT2D eigenvalue weighted by Gasteiger charge is 2.46. The fraction of sp³-hybridized carbons (Fsp3) is 0.0526. The quantitative estimate of drug-likeness (QED) is 0.147. The van der Waals surface area contributed by atoms with Crippen molar-refractivity contribution in [3.63, 3.8) is 0 Å². The largest absolute Gasteiger partial charge is 0.310 e. The maximum Gasteiger partial charge on any atom is 0.0714 e. The average Bonchev–Trinajstić information content (AvgIpc) is 3.60. The van der Waals surface area contributed by atoms with Gasteiger partial charge < -0.3 is 4.90 Å². The van der Waals surface area contributed by atoms with Crippen LogP contribution in [-0.2, 0) is 5.41 Å². The zero-order valence-electron chi connectivity index (χ0n) is 32.2. The second kappa shape index (κ2) is 14.1. The van der Waals surface area contributed by atoms with Crippen LogP contribution in [0.25, 0.3) is 49.4 Å². The second-order valence-corrected chi connectivity index (χ2v) is 15.6. The van der Waals surface area contributed by atoms with Crippen LogP contribution >= 0.6 is 0 Å². The molecule has 0 aliphatic heterocycles. The Labute approximate surface area is 340 Å². The van der Waals surface area contributed by atoms with Gasteiger partial charge in [0.1, 0.15) is 0 Å². The Bertz CT molecular complexity index is 3020. The molecule has 0 fully saturated rings. The Kier molecular flexibility index (Phi) is 8.26. The van der Waals surface area contributed by atoms with Crippen molar-refractivity contribution < 1.29 is 0 Å². The Morgan fingerprint density at radius 2 is 1.00 bits per heavy atom. The molecule has 9 aromatic carbocycles. The molecule has 0 atom stereocenters. The minimum absolute atomic E-state index is 0.493. The first kappa shape index (κ1) is 34.1. The van der Waals surface area contributed by atoms with Gasteiger partial charge in [0, 0.05) is 17.1 Å². The maximum absolute atomic E-state index is 2.47. The van der Waals surface area contributed by atoms with Crippen molar-refractivity contribution in [3.8, 4) is 22.3 Å². The molecule has 2 aliphatic carbocycles. The number of anilines is 3. The topological polar surface area (TPSA) is 3.24 Å². The fourth-order valence-electron chi connectivity index (χ4n) is 9.71. The third kappa shape index (κ3) is 5.54. The molecule has 0 unspecified atom stereocenters. The van der Waals surface area contributed by atoms with Gasteiger partial charge in [0.15, 0.2) is 0 Å². The number of hydrogen-bond donors (Lipinski definition) is 0. The molecule has 0 bridgehead atoms. The molecule has 0 N–H and O–H groups in total. The third-order valence-corrected chi connectivity index (χ3v) is 12.4. The first-order valence-corrected chi connectivity index (χ1v) is 20.4. The van der Waals surface area contributed by atoms with Gasteiger partial charge in [0.05, 0.1) is 5.41 Å². The van der Waals surface area contributed by atoms with Gasteiger partial charge in [0.2, 0.25) is 0 Å². The standard InChI is InChI=1S/C57H41N/c1-4-16-40(17-5-1)43-19-14-25-48(36-43)58(49-26-15-20-44(37-49)45-33-32-42-31-30-41-18-10-11-27-51(41)54(42)38-45)50-34-35-53-52-28-12-13-29-55(52)57(56(53)39-50,46-21-6-2-7-22-46)47-23-8-3-9-24-47/h1-4,6-16,18-39H,5,17H2. The number of benzene rings is 9. The van der Waals surface area contributed by atoms with Gasteiger partial charge in [-0.2, -0.15) is 0 Å². The third-order valence-electron chi connectivity index (χ3n) is 12.4. The summed E-state index contributed by atoms with van der Waals surface area (Å²) in [6, 6.07) is 76.6. The van der Waals surface area contributed by atoms with Crippen molar-refractivity contribution in [1.29, 1.82) is 0 Å². The first-order valence-electron chi connectivity index (χ1n) is 20.4. The molecule has 9 aromatic rings. The van der Waals surface area contributed by atoms with E-state index in [2.05, 4.69) is 229 Å². The molecule has 1 nitrogen and oxygen atoms in total. The first-order chi connectivity index (χ1) is 28.8. The highest BCUT2D eigenvalue weighted by molar-refractivity contribution is 6.08. The molecule has 0 heterocycles. The lowest BCUT2D eigenvalue weighted by Crippen LogP contribution is -2.28. The Morgan fingerprint density at radius 1 is 0.397 bits per heavy atom. The van der Waals surface area contributed by atoms with Gasteiger partial charge in [-0.1, -0.05) is 182 Å². The molecule has 274 valence electrons. The summed E-state index contributed by atoms with van der Waals surface area (Å²) >= 11 is 0. The van der Waals surface area contributed by atoms with E-state index in [-0.39, 0.29) is 0 Å². The van der Waals surface area contributed by atoms with Crippen LogP contribution in [0.15, 0.2) is 224 Å². The van der Waals surface area contributed by atoms with Crippen LogP contribution in [0.3, 0.4) is 0 Å². The van der Waals surface area contributed by atoms with E-state index in [4.69, 9.17) is 0 Å². The van der Waals surface area contributed by atoms with E-state index >= 15 is 0 Å². The van der Waals surface area contributed by atoms with E-state index in [9.17, 15) is 0 Å².